The van der Waals surface area contributed by atoms with Gasteiger partial charge in [0.05, 0.1) is 0 Å². The van der Waals surface area contributed by atoms with E-state index in [9.17, 15) is 0 Å². The van der Waals surface area contributed by atoms with Crippen LogP contribution in [0.15, 0.2) is 30.3 Å². The summed E-state index contributed by atoms with van der Waals surface area (Å²) in [5.41, 5.74) is 1.52. The third kappa shape index (κ3) is 3.10. The molecule has 2 rings (SSSR count). The van der Waals surface area contributed by atoms with Crippen molar-refractivity contribution in [3.05, 3.63) is 35.9 Å². The van der Waals surface area contributed by atoms with Crippen LogP contribution in [0.4, 0.5) is 0 Å². The van der Waals surface area contributed by atoms with Gasteiger partial charge in [-0.05, 0) is 55.4 Å². The van der Waals surface area contributed by atoms with Gasteiger partial charge in [-0.25, -0.2) is 0 Å². The van der Waals surface area contributed by atoms with Crippen LogP contribution >= 0.6 is 0 Å². The van der Waals surface area contributed by atoms with Gasteiger partial charge in [-0.1, -0.05) is 44.2 Å². The van der Waals surface area contributed by atoms with E-state index in [1.807, 2.05) is 0 Å². The molecule has 0 heterocycles. The second kappa shape index (κ2) is 5.52. The summed E-state index contributed by atoms with van der Waals surface area (Å²) < 4.78 is 0. The standard InChI is InChI=1S/C16H24/c1-13(2)16-10-8-15(9-11-16)12-14-6-4-3-5-7-14/h3-7,13,15-16H,8-12H2,1-2H3. The lowest BCUT2D eigenvalue weighted by atomic mass is 9.75. The molecule has 0 unspecified atom stereocenters. The van der Waals surface area contributed by atoms with Crippen LogP contribution < -0.4 is 0 Å². The molecule has 1 aliphatic rings. The number of benzene rings is 1. The minimum Gasteiger partial charge on any atom is -0.0625 e. The molecule has 0 spiro atoms. The van der Waals surface area contributed by atoms with Crippen molar-refractivity contribution in [2.45, 2.75) is 46.0 Å². The molecule has 1 aliphatic carbocycles. The first-order valence-corrected chi connectivity index (χ1v) is 6.79. The summed E-state index contributed by atoms with van der Waals surface area (Å²) in [6, 6.07) is 11.0. The first-order valence-electron chi connectivity index (χ1n) is 6.79. The molecule has 0 radical (unpaired) electrons. The first kappa shape index (κ1) is 11.7. The molecule has 1 aromatic carbocycles. The zero-order chi connectivity index (χ0) is 11.4. The van der Waals surface area contributed by atoms with Crippen molar-refractivity contribution in [1.29, 1.82) is 0 Å². The van der Waals surface area contributed by atoms with E-state index >= 15 is 0 Å². The Morgan fingerprint density at radius 2 is 1.62 bits per heavy atom. The lowest BCUT2D eigenvalue weighted by molar-refractivity contribution is 0.223. The van der Waals surface area contributed by atoms with E-state index in [4.69, 9.17) is 0 Å². The summed E-state index contributed by atoms with van der Waals surface area (Å²) >= 11 is 0. The molecule has 0 atom stereocenters. The highest BCUT2D eigenvalue weighted by atomic mass is 14.3. The summed E-state index contributed by atoms with van der Waals surface area (Å²) in [7, 11) is 0. The van der Waals surface area contributed by atoms with E-state index in [0.717, 1.165) is 17.8 Å². The predicted octanol–water partition coefficient (Wildman–Crippen LogP) is 4.69. The molecule has 0 nitrogen and oxygen atoms in total. The van der Waals surface area contributed by atoms with Crippen LogP contribution in [0.25, 0.3) is 0 Å². The van der Waals surface area contributed by atoms with Crippen LogP contribution in [-0.4, -0.2) is 0 Å². The lowest BCUT2D eigenvalue weighted by Crippen LogP contribution is -2.19. The number of rotatable bonds is 3. The minimum atomic E-state index is 0.887. The van der Waals surface area contributed by atoms with Crippen LogP contribution in [0, 0.1) is 17.8 Å². The van der Waals surface area contributed by atoms with E-state index in [1.54, 1.807) is 0 Å². The summed E-state index contributed by atoms with van der Waals surface area (Å²) in [6.45, 7) is 4.75. The molecule has 0 aliphatic heterocycles. The van der Waals surface area contributed by atoms with Gasteiger partial charge in [0.15, 0.2) is 0 Å². The molecule has 1 aromatic rings. The fourth-order valence-corrected chi connectivity index (χ4v) is 3.01. The Kier molecular flexibility index (Phi) is 4.04. The zero-order valence-corrected chi connectivity index (χ0v) is 10.7. The fourth-order valence-electron chi connectivity index (χ4n) is 3.01. The Morgan fingerprint density at radius 3 is 2.19 bits per heavy atom. The van der Waals surface area contributed by atoms with Gasteiger partial charge in [0.2, 0.25) is 0 Å². The molecule has 1 saturated carbocycles. The van der Waals surface area contributed by atoms with E-state index in [2.05, 4.69) is 44.2 Å². The third-order valence-corrected chi connectivity index (χ3v) is 4.20. The number of hydrogen-bond donors (Lipinski definition) is 0. The maximum absolute atomic E-state index is 2.38. The smallest absolute Gasteiger partial charge is 0.0250 e. The highest BCUT2D eigenvalue weighted by Gasteiger charge is 2.22. The van der Waals surface area contributed by atoms with E-state index in [-0.39, 0.29) is 0 Å². The van der Waals surface area contributed by atoms with Crippen molar-refractivity contribution in [1.82, 2.24) is 0 Å². The van der Waals surface area contributed by atoms with Gasteiger partial charge in [-0.2, -0.15) is 0 Å². The van der Waals surface area contributed by atoms with Gasteiger partial charge in [0, 0.05) is 0 Å². The van der Waals surface area contributed by atoms with E-state index in [0.29, 0.717) is 0 Å². The molecule has 0 N–H and O–H groups in total. The largest absolute Gasteiger partial charge is 0.0625 e. The van der Waals surface area contributed by atoms with Gasteiger partial charge >= 0.3 is 0 Å². The van der Waals surface area contributed by atoms with Crippen LogP contribution in [0.1, 0.15) is 45.1 Å². The SMILES string of the molecule is CC(C)C1CCC(Cc2ccccc2)CC1. The van der Waals surface area contributed by atoms with Crippen molar-refractivity contribution in [2.24, 2.45) is 17.8 Å². The average molecular weight is 216 g/mol. The van der Waals surface area contributed by atoms with Crippen LogP contribution in [0.3, 0.4) is 0 Å². The highest BCUT2D eigenvalue weighted by molar-refractivity contribution is 5.15. The molecule has 0 heteroatoms. The maximum atomic E-state index is 2.38. The van der Waals surface area contributed by atoms with Gasteiger partial charge in [-0.3, -0.25) is 0 Å². The second-order valence-electron chi connectivity index (χ2n) is 5.71. The van der Waals surface area contributed by atoms with Crippen molar-refractivity contribution >= 4 is 0 Å². The highest BCUT2D eigenvalue weighted by Crippen LogP contribution is 2.34. The van der Waals surface area contributed by atoms with Gasteiger partial charge in [0.1, 0.15) is 0 Å². The lowest BCUT2D eigenvalue weighted by Gasteiger charge is -2.30. The molecule has 1 fully saturated rings. The molecule has 0 aromatic heterocycles. The van der Waals surface area contributed by atoms with Crippen LogP contribution in [-0.2, 0) is 6.42 Å². The molecule has 0 saturated heterocycles. The van der Waals surface area contributed by atoms with Crippen LogP contribution in [0.2, 0.25) is 0 Å². The molecular formula is C16H24. The Hall–Kier alpha value is -0.780. The average Bonchev–Trinajstić information content (AvgIpc) is 2.31. The Balaban J connectivity index is 1.82. The van der Waals surface area contributed by atoms with Gasteiger partial charge in [-0.15, -0.1) is 0 Å². The summed E-state index contributed by atoms with van der Waals surface area (Å²) in [4.78, 5) is 0. The molecular weight excluding hydrogens is 192 g/mol. The van der Waals surface area contributed by atoms with Crippen molar-refractivity contribution in [3.8, 4) is 0 Å². The second-order valence-corrected chi connectivity index (χ2v) is 5.71. The normalized spacial score (nSPS) is 25.9. The number of hydrogen-bond acceptors (Lipinski definition) is 0. The zero-order valence-electron chi connectivity index (χ0n) is 10.7. The van der Waals surface area contributed by atoms with Crippen molar-refractivity contribution in [3.63, 3.8) is 0 Å². The Bertz CT molecular complexity index is 291. The third-order valence-electron chi connectivity index (χ3n) is 4.20. The molecule has 0 bridgehead atoms. The molecule has 16 heavy (non-hydrogen) atoms. The topological polar surface area (TPSA) is 0 Å². The maximum Gasteiger partial charge on any atom is -0.0250 e. The van der Waals surface area contributed by atoms with E-state index < -0.39 is 0 Å². The monoisotopic (exact) mass is 216 g/mol. The van der Waals surface area contributed by atoms with Gasteiger partial charge < -0.3 is 0 Å². The predicted molar refractivity (Wildman–Crippen MR) is 70.4 cm³/mol. The minimum absolute atomic E-state index is 0.887. The quantitative estimate of drug-likeness (QED) is 0.687. The molecule has 0 amide bonds. The van der Waals surface area contributed by atoms with E-state index in [1.165, 1.54) is 37.7 Å². The fraction of sp³-hybridized carbons (Fsp3) is 0.625. The summed E-state index contributed by atoms with van der Waals surface area (Å²) in [6.07, 6.45) is 7.09. The summed E-state index contributed by atoms with van der Waals surface area (Å²) in [5.74, 6) is 2.82. The van der Waals surface area contributed by atoms with Crippen molar-refractivity contribution < 1.29 is 0 Å². The Morgan fingerprint density at radius 1 is 1.00 bits per heavy atom. The Labute approximate surface area is 100 Å². The summed E-state index contributed by atoms with van der Waals surface area (Å²) in [5, 5.41) is 0. The first-order chi connectivity index (χ1) is 7.75. The van der Waals surface area contributed by atoms with Crippen LogP contribution in [0.5, 0.6) is 0 Å². The van der Waals surface area contributed by atoms with Crippen molar-refractivity contribution in [2.75, 3.05) is 0 Å². The molecule has 88 valence electrons. The van der Waals surface area contributed by atoms with Gasteiger partial charge in [0.25, 0.3) is 0 Å².